The smallest absolute Gasteiger partial charge is 0.381 e. The van der Waals surface area contributed by atoms with Crippen LogP contribution in [-0.2, 0) is 9.53 Å². The van der Waals surface area contributed by atoms with Crippen molar-refractivity contribution in [3.05, 3.63) is 0 Å². The zero-order chi connectivity index (χ0) is 17.3. The monoisotopic (exact) mass is 330 g/mol. The number of carbonyl (C=O) groups is 1. The van der Waals surface area contributed by atoms with Gasteiger partial charge in [-0.2, -0.15) is 26.3 Å². The first kappa shape index (κ1) is 19.9. The van der Waals surface area contributed by atoms with E-state index in [4.69, 9.17) is 0 Å². The summed E-state index contributed by atoms with van der Waals surface area (Å²) in [5.74, 6) is -19.6. The van der Waals surface area contributed by atoms with E-state index in [1.165, 1.54) is 20.8 Å². The Kier molecular flexibility index (Phi) is 5.65. The lowest BCUT2D eigenvalue weighted by molar-refractivity contribution is -0.344. The molecule has 2 nitrogen and oxygen atoms in total. The Labute approximate surface area is 115 Å². The van der Waals surface area contributed by atoms with Gasteiger partial charge in [-0.1, -0.05) is 6.92 Å². The molecule has 0 aromatic rings. The topological polar surface area (TPSA) is 26.3 Å². The molecule has 0 saturated carbocycles. The van der Waals surface area contributed by atoms with E-state index in [0.717, 1.165) is 0 Å². The van der Waals surface area contributed by atoms with Crippen LogP contribution in [0.5, 0.6) is 0 Å². The first-order valence-electron chi connectivity index (χ1n) is 5.72. The Balaban J connectivity index is 5.11. The molecule has 10 heteroatoms. The van der Waals surface area contributed by atoms with E-state index in [-0.39, 0.29) is 6.42 Å². The molecule has 0 saturated heterocycles. The highest BCUT2D eigenvalue weighted by Gasteiger charge is 2.75. The number of rotatable bonds is 7. The van der Waals surface area contributed by atoms with E-state index in [2.05, 4.69) is 4.74 Å². The van der Waals surface area contributed by atoms with Gasteiger partial charge in [0.2, 0.25) is 0 Å². The zero-order valence-corrected chi connectivity index (χ0v) is 11.3. The average Bonchev–Trinajstić information content (AvgIpc) is 2.35. The Hall–Kier alpha value is -1.09. The van der Waals surface area contributed by atoms with E-state index in [9.17, 15) is 39.9 Å². The fraction of sp³-hybridized carbons (Fsp3) is 0.909. The van der Waals surface area contributed by atoms with Crippen molar-refractivity contribution in [2.75, 3.05) is 6.61 Å². The van der Waals surface area contributed by atoms with E-state index < -0.39 is 42.2 Å². The molecular weight excluding hydrogens is 316 g/mol. The maximum Gasteiger partial charge on any atom is 0.381 e. The summed E-state index contributed by atoms with van der Waals surface area (Å²) in [5.41, 5.74) is -1.31. The van der Waals surface area contributed by atoms with Gasteiger partial charge in [-0.05, 0) is 20.3 Å². The Morgan fingerprint density at radius 2 is 1.48 bits per heavy atom. The van der Waals surface area contributed by atoms with Gasteiger partial charge in [0, 0.05) is 0 Å². The molecular formula is C11H14F8O2. The molecule has 0 aromatic heterocycles. The van der Waals surface area contributed by atoms with E-state index in [0.29, 0.717) is 0 Å². The van der Waals surface area contributed by atoms with Gasteiger partial charge < -0.3 is 4.74 Å². The first-order chi connectivity index (χ1) is 9.13. The summed E-state index contributed by atoms with van der Waals surface area (Å²) in [5, 5.41) is 0. The van der Waals surface area contributed by atoms with Crippen LogP contribution in [0.2, 0.25) is 0 Å². The van der Waals surface area contributed by atoms with Crippen molar-refractivity contribution in [1.29, 1.82) is 0 Å². The lowest BCUT2D eigenvalue weighted by Crippen LogP contribution is -2.59. The SMILES string of the molecule is CCC(C)(C)C(=O)OCC(F)(F)C(F)(F)C(F)(F)C(F)F. The van der Waals surface area contributed by atoms with Crippen molar-refractivity contribution in [3.8, 4) is 0 Å². The average molecular weight is 330 g/mol. The summed E-state index contributed by atoms with van der Waals surface area (Å²) in [7, 11) is 0. The third-order valence-corrected chi connectivity index (χ3v) is 2.97. The molecule has 0 radical (unpaired) electrons. The molecule has 0 bridgehead atoms. The van der Waals surface area contributed by atoms with Gasteiger partial charge in [0.15, 0.2) is 6.61 Å². The molecule has 0 atom stereocenters. The van der Waals surface area contributed by atoms with Crippen LogP contribution in [0.4, 0.5) is 35.1 Å². The number of esters is 1. The lowest BCUT2D eigenvalue weighted by Gasteiger charge is -2.32. The molecule has 0 rings (SSSR count). The van der Waals surface area contributed by atoms with Gasteiger partial charge in [-0.15, -0.1) is 0 Å². The van der Waals surface area contributed by atoms with Crippen LogP contribution >= 0.6 is 0 Å². The van der Waals surface area contributed by atoms with Crippen LogP contribution in [-0.4, -0.2) is 36.8 Å². The molecule has 21 heavy (non-hydrogen) atoms. The number of alkyl halides is 8. The van der Waals surface area contributed by atoms with Crippen molar-refractivity contribution in [3.63, 3.8) is 0 Å². The Bertz CT molecular complexity index is 378. The second-order valence-corrected chi connectivity index (χ2v) is 5.02. The highest BCUT2D eigenvalue weighted by molar-refractivity contribution is 5.75. The molecule has 0 N–H and O–H groups in total. The number of ether oxygens (including phenoxy) is 1. The highest BCUT2D eigenvalue weighted by atomic mass is 19.4. The minimum absolute atomic E-state index is 0.0982. The van der Waals surface area contributed by atoms with Gasteiger partial charge >= 0.3 is 30.2 Å². The quantitative estimate of drug-likeness (QED) is 0.518. The van der Waals surface area contributed by atoms with Crippen molar-refractivity contribution < 1.29 is 44.7 Å². The molecule has 0 fully saturated rings. The first-order valence-corrected chi connectivity index (χ1v) is 5.72. The minimum atomic E-state index is -6.37. The highest BCUT2D eigenvalue weighted by Crippen LogP contribution is 2.48. The lowest BCUT2D eigenvalue weighted by atomic mass is 9.91. The third kappa shape index (κ3) is 3.76. The Morgan fingerprint density at radius 1 is 1.05 bits per heavy atom. The van der Waals surface area contributed by atoms with Crippen LogP contribution in [0.1, 0.15) is 27.2 Å². The molecule has 0 amide bonds. The Morgan fingerprint density at radius 3 is 1.81 bits per heavy atom. The van der Waals surface area contributed by atoms with Gasteiger partial charge in [0.05, 0.1) is 5.41 Å². The van der Waals surface area contributed by atoms with Crippen LogP contribution in [0, 0.1) is 5.41 Å². The van der Waals surface area contributed by atoms with Gasteiger partial charge in [0.25, 0.3) is 0 Å². The summed E-state index contributed by atoms with van der Waals surface area (Å²) in [6.45, 7) is 1.54. The van der Waals surface area contributed by atoms with Crippen LogP contribution in [0.25, 0.3) is 0 Å². The predicted octanol–water partition coefficient (Wildman–Crippen LogP) is 4.14. The maximum absolute atomic E-state index is 13.1. The van der Waals surface area contributed by atoms with E-state index in [1.807, 2.05) is 0 Å². The fourth-order valence-corrected chi connectivity index (χ4v) is 0.967. The normalized spacial score (nSPS) is 14.5. The third-order valence-electron chi connectivity index (χ3n) is 2.97. The summed E-state index contributed by atoms with van der Waals surface area (Å²) < 4.78 is 104. The number of halogens is 8. The molecule has 0 aliphatic carbocycles. The van der Waals surface area contributed by atoms with Crippen LogP contribution < -0.4 is 0 Å². The van der Waals surface area contributed by atoms with E-state index >= 15 is 0 Å². The van der Waals surface area contributed by atoms with Crippen LogP contribution in [0.15, 0.2) is 0 Å². The summed E-state index contributed by atoms with van der Waals surface area (Å²) in [4.78, 5) is 11.3. The molecule has 0 aliphatic rings. The van der Waals surface area contributed by atoms with Crippen molar-refractivity contribution >= 4 is 5.97 Å². The van der Waals surface area contributed by atoms with Crippen molar-refractivity contribution in [2.24, 2.45) is 5.41 Å². The summed E-state index contributed by atoms with van der Waals surface area (Å²) >= 11 is 0. The van der Waals surface area contributed by atoms with Crippen LogP contribution in [0.3, 0.4) is 0 Å². The molecule has 0 unspecified atom stereocenters. The molecule has 0 heterocycles. The van der Waals surface area contributed by atoms with Gasteiger partial charge in [-0.3, -0.25) is 4.79 Å². The predicted molar refractivity (Wildman–Crippen MR) is 55.9 cm³/mol. The molecule has 0 aliphatic heterocycles. The van der Waals surface area contributed by atoms with Gasteiger partial charge in [0.1, 0.15) is 0 Å². The van der Waals surface area contributed by atoms with Crippen molar-refractivity contribution in [1.82, 2.24) is 0 Å². The second kappa shape index (κ2) is 5.96. The van der Waals surface area contributed by atoms with Crippen molar-refractivity contribution in [2.45, 2.75) is 51.4 Å². The summed E-state index contributed by atoms with van der Waals surface area (Å²) in [6.07, 6.45) is -4.90. The number of hydrogen-bond donors (Lipinski definition) is 0. The number of hydrogen-bond acceptors (Lipinski definition) is 2. The largest absolute Gasteiger partial charge is 0.459 e. The minimum Gasteiger partial charge on any atom is -0.459 e. The molecule has 0 spiro atoms. The summed E-state index contributed by atoms with van der Waals surface area (Å²) in [6, 6.07) is 0. The second-order valence-electron chi connectivity index (χ2n) is 5.02. The molecule has 126 valence electrons. The molecule has 0 aromatic carbocycles. The standard InChI is InChI=1S/C11H14F8O2/c1-4-8(2,3)7(20)21-5-9(14,15)11(18,19)10(16,17)6(12)13/h6H,4-5H2,1-3H3. The van der Waals surface area contributed by atoms with Gasteiger partial charge in [-0.25, -0.2) is 8.78 Å². The van der Waals surface area contributed by atoms with E-state index in [1.54, 1.807) is 0 Å². The fourth-order valence-electron chi connectivity index (χ4n) is 0.967. The maximum atomic E-state index is 13.1. The zero-order valence-electron chi connectivity index (χ0n) is 11.3. The number of carbonyl (C=O) groups excluding carboxylic acids is 1.